The monoisotopic (exact) mass is 284 g/mol. The zero-order valence-corrected chi connectivity index (χ0v) is 10.3. The molecule has 0 saturated carbocycles. The summed E-state index contributed by atoms with van der Waals surface area (Å²) in [6, 6.07) is 1.21. The van der Waals surface area contributed by atoms with E-state index in [2.05, 4.69) is 9.47 Å². The zero-order chi connectivity index (χ0) is 15.4. The molecule has 0 aliphatic rings. The Balaban J connectivity index is 3.68. The maximum Gasteiger partial charge on any atom is 0.344 e. The second-order valence-electron chi connectivity index (χ2n) is 3.38. The average molecular weight is 284 g/mol. The number of ether oxygens (including phenoxy) is 2. The fourth-order valence-corrected chi connectivity index (χ4v) is 1.43. The van der Waals surface area contributed by atoms with Crippen molar-refractivity contribution in [1.29, 1.82) is 0 Å². The van der Waals surface area contributed by atoms with Crippen molar-refractivity contribution in [2.45, 2.75) is 0 Å². The van der Waals surface area contributed by atoms with Crippen molar-refractivity contribution in [3.05, 3.63) is 43.5 Å². The van der Waals surface area contributed by atoms with Gasteiger partial charge in [0.25, 0.3) is 11.4 Å². The van der Waals surface area contributed by atoms with Gasteiger partial charge in [-0.05, 0) is 6.07 Å². The fraction of sp³-hybridized carbons (Fsp3) is 0.200. The van der Waals surface area contributed by atoms with E-state index in [0.717, 1.165) is 14.2 Å². The molecule has 20 heavy (non-hydrogen) atoms. The number of hydrogen-bond acceptors (Lipinski definition) is 8. The zero-order valence-electron chi connectivity index (χ0n) is 10.3. The van der Waals surface area contributed by atoms with Gasteiger partial charge in [-0.25, -0.2) is 9.59 Å². The minimum absolute atomic E-state index is 0.512. The van der Waals surface area contributed by atoms with E-state index >= 15 is 0 Å². The predicted octanol–water partition coefficient (Wildman–Crippen LogP) is 1.08. The molecule has 0 spiro atoms. The Hall–Kier alpha value is -3.04. The molecule has 1 aromatic rings. The summed E-state index contributed by atoms with van der Waals surface area (Å²) in [5.41, 5.74) is -2.83. The van der Waals surface area contributed by atoms with Gasteiger partial charge in [0.1, 0.15) is 11.1 Å². The van der Waals surface area contributed by atoms with Gasteiger partial charge < -0.3 is 9.47 Å². The molecule has 0 radical (unpaired) electrons. The Morgan fingerprint density at radius 3 is 1.50 bits per heavy atom. The molecule has 0 N–H and O–H groups in total. The summed E-state index contributed by atoms with van der Waals surface area (Å²) in [4.78, 5) is 42.6. The van der Waals surface area contributed by atoms with Crippen molar-refractivity contribution in [3.63, 3.8) is 0 Å². The van der Waals surface area contributed by atoms with E-state index in [1.165, 1.54) is 0 Å². The third-order valence-electron chi connectivity index (χ3n) is 2.32. The molecule has 0 saturated heterocycles. The molecular formula is C10H8N2O8. The van der Waals surface area contributed by atoms with E-state index in [-0.39, 0.29) is 0 Å². The molecule has 10 nitrogen and oxygen atoms in total. The molecule has 106 valence electrons. The number of carbonyl (C=O) groups is 2. The molecule has 0 amide bonds. The molecular weight excluding hydrogens is 276 g/mol. The van der Waals surface area contributed by atoms with Crippen molar-refractivity contribution in [2.24, 2.45) is 0 Å². The first-order valence-corrected chi connectivity index (χ1v) is 4.97. The molecule has 0 atom stereocenters. The van der Waals surface area contributed by atoms with Crippen LogP contribution in [0.15, 0.2) is 12.1 Å². The molecule has 0 aliphatic heterocycles. The van der Waals surface area contributed by atoms with Gasteiger partial charge >= 0.3 is 11.9 Å². The Kier molecular flexibility index (Phi) is 4.31. The summed E-state index contributed by atoms with van der Waals surface area (Å²) >= 11 is 0. The van der Waals surface area contributed by atoms with Crippen LogP contribution in [0.4, 0.5) is 11.4 Å². The van der Waals surface area contributed by atoms with Gasteiger partial charge in [-0.2, -0.15) is 0 Å². The minimum atomic E-state index is -1.10. The standard InChI is InChI=1S/C10H8N2O8/c1-19-9(13)5-3-6(10(14)20-2)8(12(17)18)4-7(5)11(15)16/h3-4H,1-2H3. The number of rotatable bonds is 4. The van der Waals surface area contributed by atoms with E-state index < -0.39 is 44.3 Å². The van der Waals surface area contributed by atoms with Gasteiger partial charge in [-0.1, -0.05) is 0 Å². The largest absolute Gasteiger partial charge is 0.465 e. The summed E-state index contributed by atoms with van der Waals surface area (Å²) < 4.78 is 8.66. The van der Waals surface area contributed by atoms with Crippen molar-refractivity contribution < 1.29 is 28.9 Å². The van der Waals surface area contributed by atoms with E-state index in [1.807, 2.05) is 0 Å². The molecule has 0 fully saturated rings. The smallest absolute Gasteiger partial charge is 0.344 e. The Bertz CT molecular complexity index is 560. The molecule has 1 rings (SSSR count). The third kappa shape index (κ3) is 2.68. The maximum absolute atomic E-state index is 11.4. The van der Waals surface area contributed by atoms with Crippen molar-refractivity contribution >= 4 is 23.3 Å². The molecule has 0 heterocycles. The number of nitro benzene ring substituents is 2. The van der Waals surface area contributed by atoms with Crippen LogP contribution in [0.2, 0.25) is 0 Å². The highest BCUT2D eigenvalue weighted by atomic mass is 16.6. The predicted molar refractivity (Wildman–Crippen MR) is 62.4 cm³/mol. The Morgan fingerprint density at radius 2 is 1.25 bits per heavy atom. The van der Waals surface area contributed by atoms with Crippen LogP contribution in [-0.4, -0.2) is 36.0 Å². The first-order chi connectivity index (χ1) is 9.33. The van der Waals surface area contributed by atoms with Gasteiger partial charge in [0, 0.05) is 0 Å². The van der Waals surface area contributed by atoms with Crippen LogP contribution in [0, 0.1) is 20.2 Å². The van der Waals surface area contributed by atoms with E-state index in [1.54, 1.807) is 0 Å². The highest BCUT2D eigenvalue weighted by Crippen LogP contribution is 2.30. The molecule has 10 heteroatoms. The lowest BCUT2D eigenvalue weighted by Crippen LogP contribution is -2.12. The topological polar surface area (TPSA) is 139 Å². The number of methoxy groups -OCH3 is 2. The lowest BCUT2D eigenvalue weighted by molar-refractivity contribution is -0.394. The average Bonchev–Trinajstić information content (AvgIpc) is 2.43. The normalized spacial score (nSPS) is 9.70. The SMILES string of the molecule is COC(=O)c1cc(C(=O)OC)c([N+](=O)[O-])cc1[N+](=O)[O-]. The van der Waals surface area contributed by atoms with Crippen LogP contribution in [0.3, 0.4) is 0 Å². The Morgan fingerprint density at radius 1 is 0.900 bits per heavy atom. The van der Waals surface area contributed by atoms with Crippen LogP contribution < -0.4 is 0 Å². The molecule has 0 unspecified atom stereocenters. The molecule has 0 bridgehead atoms. The van der Waals surface area contributed by atoms with E-state index in [0.29, 0.717) is 12.1 Å². The highest BCUT2D eigenvalue weighted by Gasteiger charge is 2.31. The summed E-state index contributed by atoms with van der Waals surface area (Å²) in [5.74, 6) is -2.20. The molecule has 0 aromatic heterocycles. The molecule has 1 aromatic carbocycles. The second kappa shape index (κ2) is 5.73. The number of hydrogen-bond donors (Lipinski definition) is 0. The van der Waals surface area contributed by atoms with Crippen LogP contribution in [0.5, 0.6) is 0 Å². The summed E-state index contributed by atoms with van der Waals surface area (Å²) in [6.45, 7) is 0. The number of nitro groups is 2. The van der Waals surface area contributed by atoms with E-state index in [4.69, 9.17) is 0 Å². The van der Waals surface area contributed by atoms with Gasteiger partial charge in [0.2, 0.25) is 0 Å². The van der Waals surface area contributed by atoms with Crippen LogP contribution in [0.1, 0.15) is 20.7 Å². The van der Waals surface area contributed by atoms with Crippen LogP contribution in [0.25, 0.3) is 0 Å². The first kappa shape index (κ1) is 15.0. The summed E-state index contributed by atoms with van der Waals surface area (Å²) in [5, 5.41) is 21.7. The number of nitrogens with zero attached hydrogens (tertiary/aromatic N) is 2. The van der Waals surface area contributed by atoms with Gasteiger partial charge in [0.05, 0.1) is 30.1 Å². The fourth-order valence-electron chi connectivity index (χ4n) is 1.43. The van der Waals surface area contributed by atoms with Gasteiger partial charge in [0.15, 0.2) is 0 Å². The van der Waals surface area contributed by atoms with Crippen LogP contribution in [-0.2, 0) is 9.47 Å². The summed E-state index contributed by atoms with van der Waals surface area (Å²) in [6.07, 6.45) is 0. The van der Waals surface area contributed by atoms with Crippen LogP contribution >= 0.6 is 0 Å². The van der Waals surface area contributed by atoms with Crippen molar-refractivity contribution in [1.82, 2.24) is 0 Å². The van der Waals surface area contributed by atoms with Gasteiger partial charge in [-0.15, -0.1) is 0 Å². The lowest BCUT2D eigenvalue weighted by Gasteiger charge is -2.05. The van der Waals surface area contributed by atoms with Crippen molar-refractivity contribution in [3.8, 4) is 0 Å². The van der Waals surface area contributed by atoms with Crippen molar-refractivity contribution in [2.75, 3.05) is 14.2 Å². The quantitative estimate of drug-likeness (QED) is 0.454. The summed E-state index contributed by atoms with van der Waals surface area (Å²) in [7, 11) is 1.95. The highest BCUT2D eigenvalue weighted by molar-refractivity contribution is 6.01. The van der Waals surface area contributed by atoms with E-state index in [9.17, 15) is 29.8 Å². The number of esters is 2. The number of benzene rings is 1. The first-order valence-electron chi connectivity index (χ1n) is 4.97. The third-order valence-corrected chi connectivity index (χ3v) is 2.32. The lowest BCUT2D eigenvalue weighted by atomic mass is 10.1. The molecule has 0 aliphatic carbocycles. The van der Waals surface area contributed by atoms with Gasteiger partial charge in [-0.3, -0.25) is 20.2 Å². The Labute approximate surface area is 111 Å². The number of carbonyl (C=O) groups excluding carboxylic acids is 2. The maximum atomic E-state index is 11.4. The minimum Gasteiger partial charge on any atom is -0.465 e. The second-order valence-corrected chi connectivity index (χ2v) is 3.38.